The average molecular weight is 258 g/mol. The van der Waals surface area contributed by atoms with Crippen LogP contribution < -0.4 is 10.0 Å². The second-order valence-electron chi connectivity index (χ2n) is 4.58. The predicted molar refractivity (Wildman–Crippen MR) is 64.0 cm³/mol. The van der Waals surface area contributed by atoms with Crippen LogP contribution in [0, 0.1) is 5.92 Å². The number of piperidine rings is 1. The normalized spacial score (nSPS) is 26.0. The van der Waals surface area contributed by atoms with E-state index in [0.29, 0.717) is 12.5 Å². The van der Waals surface area contributed by atoms with Crippen molar-refractivity contribution in [2.45, 2.75) is 24.4 Å². The van der Waals surface area contributed by atoms with E-state index in [9.17, 15) is 8.42 Å². The largest absolute Gasteiger partial charge is 0.339 e. The summed E-state index contributed by atoms with van der Waals surface area (Å²) in [5, 5.41) is 3.27. The highest BCUT2D eigenvalue weighted by Crippen LogP contribution is 2.14. The van der Waals surface area contributed by atoms with Crippen molar-refractivity contribution in [2.24, 2.45) is 13.0 Å². The van der Waals surface area contributed by atoms with E-state index >= 15 is 0 Å². The first kappa shape index (κ1) is 12.5. The standard InChI is InChI=1S/C10H18N4O2S/c1-8-3-4-11-5-9(8)13-17(15,16)10-6-14(2)7-12-10/h6-9,11,13H,3-5H2,1-2H3. The number of imidazole rings is 1. The predicted octanol–water partition coefficient (Wildman–Crippen LogP) is -0.304. The minimum absolute atomic E-state index is 0.0595. The van der Waals surface area contributed by atoms with Crippen LogP contribution >= 0.6 is 0 Å². The molecule has 96 valence electrons. The molecule has 0 aromatic carbocycles. The summed E-state index contributed by atoms with van der Waals surface area (Å²) in [5.41, 5.74) is 0. The first-order chi connectivity index (χ1) is 7.99. The van der Waals surface area contributed by atoms with Crippen LogP contribution in [-0.4, -0.2) is 37.1 Å². The summed E-state index contributed by atoms with van der Waals surface area (Å²) in [6.45, 7) is 3.68. The third-order valence-electron chi connectivity index (χ3n) is 3.09. The average Bonchev–Trinajstić information content (AvgIpc) is 2.69. The number of aryl methyl sites for hydroxylation is 1. The molecule has 0 spiro atoms. The molecule has 1 aliphatic rings. The minimum Gasteiger partial charge on any atom is -0.339 e. The van der Waals surface area contributed by atoms with Gasteiger partial charge >= 0.3 is 0 Å². The number of sulfonamides is 1. The van der Waals surface area contributed by atoms with Gasteiger partial charge in [0, 0.05) is 25.8 Å². The molecule has 0 saturated carbocycles. The van der Waals surface area contributed by atoms with Crippen molar-refractivity contribution in [1.82, 2.24) is 19.6 Å². The molecular formula is C10H18N4O2S. The molecule has 1 aromatic heterocycles. The van der Waals surface area contributed by atoms with Gasteiger partial charge in [0.2, 0.25) is 0 Å². The third kappa shape index (κ3) is 2.85. The molecule has 1 aromatic rings. The van der Waals surface area contributed by atoms with Gasteiger partial charge in [0.1, 0.15) is 0 Å². The molecule has 0 amide bonds. The van der Waals surface area contributed by atoms with Gasteiger partial charge in [-0.05, 0) is 18.9 Å². The van der Waals surface area contributed by atoms with Crippen molar-refractivity contribution < 1.29 is 8.42 Å². The molecule has 17 heavy (non-hydrogen) atoms. The Morgan fingerprint density at radius 3 is 2.94 bits per heavy atom. The number of aromatic nitrogens is 2. The van der Waals surface area contributed by atoms with Crippen molar-refractivity contribution in [3.8, 4) is 0 Å². The van der Waals surface area contributed by atoms with Crippen LogP contribution in [0.4, 0.5) is 0 Å². The molecule has 7 heteroatoms. The van der Waals surface area contributed by atoms with E-state index in [1.165, 1.54) is 12.5 Å². The molecule has 1 fully saturated rings. The van der Waals surface area contributed by atoms with Gasteiger partial charge in [0.05, 0.1) is 6.33 Å². The summed E-state index contributed by atoms with van der Waals surface area (Å²) in [6.07, 6.45) is 3.97. The smallest absolute Gasteiger partial charge is 0.259 e. The minimum atomic E-state index is -3.49. The number of hydrogen-bond acceptors (Lipinski definition) is 4. The van der Waals surface area contributed by atoms with E-state index in [-0.39, 0.29) is 11.1 Å². The molecule has 0 bridgehead atoms. The summed E-state index contributed by atoms with van der Waals surface area (Å²) in [4.78, 5) is 3.87. The van der Waals surface area contributed by atoms with Crippen LogP contribution in [0.3, 0.4) is 0 Å². The van der Waals surface area contributed by atoms with Crippen molar-refractivity contribution in [2.75, 3.05) is 13.1 Å². The Morgan fingerprint density at radius 1 is 1.59 bits per heavy atom. The van der Waals surface area contributed by atoms with Crippen LogP contribution in [0.2, 0.25) is 0 Å². The summed E-state index contributed by atoms with van der Waals surface area (Å²) in [5.74, 6) is 0.342. The molecule has 2 unspecified atom stereocenters. The van der Waals surface area contributed by atoms with E-state index in [1.807, 2.05) is 0 Å². The second-order valence-corrected chi connectivity index (χ2v) is 6.24. The van der Waals surface area contributed by atoms with Crippen molar-refractivity contribution in [3.63, 3.8) is 0 Å². The lowest BCUT2D eigenvalue weighted by Gasteiger charge is -2.29. The molecule has 0 radical (unpaired) electrons. The van der Waals surface area contributed by atoms with Gasteiger partial charge in [-0.1, -0.05) is 6.92 Å². The highest BCUT2D eigenvalue weighted by molar-refractivity contribution is 7.89. The molecule has 1 aliphatic heterocycles. The third-order valence-corrected chi connectivity index (χ3v) is 4.47. The fourth-order valence-electron chi connectivity index (χ4n) is 1.93. The molecule has 2 atom stereocenters. The maximum atomic E-state index is 12.0. The fraction of sp³-hybridized carbons (Fsp3) is 0.700. The SMILES string of the molecule is CC1CCNCC1NS(=O)(=O)c1cn(C)cn1. The zero-order chi connectivity index (χ0) is 12.5. The number of rotatable bonds is 3. The van der Waals surface area contributed by atoms with Gasteiger partial charge < -0.3 is 9.88 Å². The van der Waals surface area contributed by atoms with E-state index in [4.69, 9.17) is 0 Å². The van der Waals surface area contributed by atoms with E-state index < -0.39 is 10.0 Å². The summed E-state index contributed by atoms with van der Waals surface area (Å²) < 4.78 is 28.4. The number of nitrogens with one attached hydrogen (secondary N) is 2. The van der Waals surface area contributed by atoms with Gasteiger partial charge in [-0.25, -0.2) is 18.1 Å². The van der Waals surface area contributed by atoms with Crippen LogP contribution in [-0.2, 0) is 17.1 Å². The molecule has 2 N–H and O–H groups in total. The Balaban J connectivity index is 2.11. The quantitative estimate of drug-likeness (QED) is 0.780. The zero-order valence-corrected chi connectivity index (χ0v) is 10.9. The monoisotopic (exact) mass is 258 g/mol. The van der Waals surface area contributed by atoms with E-state index in [0.717, 1.165) is 13.0 Å². The summed E-state index contributed by atoms with van der Waals surface area (Å²) in [6, 6.07) is -0.0595. The Kier molecular flexibility index (Phi) is 3.50. The topological polar surface area (TPSA) is 76.0 Å². The van der Waals surface area contributed by atoms with E-state index in [1.54, 1.807) is 11.6 Å². The maximum absolute atomic E-state index is 12.0. The molecular weight excluding hydrogens is 240 g/mol. The molecule has 0 aliphatic carbocycles. The van der Waals surface area contributed by atoms with Crippen LogP contribution in [0.1, 0.15) is 13.3 Å². The lowest BCUT2D eigenvalue weighted by Crippen LogP contribution is -2.50. The summed E-state index contributed by atoms with van der Waals surface area (Å²) in [7, 11) is -1.75. The Hall–Kier alpha value is -0.920. The van der Waals surface area contributed by atoms with Crippen molar-refractivity contribution in [1.29, 1.82) is 0 Å². The number of hydrogen-bond donors (Lipinski definition) is 2. The lowest BCUT2D eigenvalue weighted by molar-refractivity contribution is 0.327. The van der Waals surface area contributed by atoms with Gasteiger partial charge in [0.15, 0.2) is 5.03 Å². The van der Waals surface area contributed by atoms with Gasteiger partial charge in [-0.3, -0.25) is 0 Å². The van der Waals surface area contributed by atoms with Crippen LogP contribution in [0.5, 0.6) is 0 Å². The Bertz CT molecular complexity index is 482. The van der Waals surface area contributed by atoms with Gasteiger partial charge in [0.25, 0.3) is 10.0 Å². The number of nitrogens with zero attached hydrogens (tertiary/aromatic N) is 2. The second kappa shape index (κ2) is 4.75. The first-order valence-corrected chi connectivity index (χ1v) is 7.18. The van der Waals surface area contributed by atoms with Crippen molar-refractivity contribution >= 4 is 10.0 Å². The van der Waals surface area contributed by atoms with Crippen LogP contribution in [0.15, 0.2) is 17.6 Å². The van der Waals surface area contributed by atoms with Gasteiger partial charge in [-0.2, -0.15) is 0 Å². The Labute approximate surface area is 101 Å². The maximum Gasteiger partial charge on any atom is 0.259 e. The highest BCUT2D eigenvalue weighted by Gasteiger charge is 2.27. The molecule has 6 nitrogen and oxygen atoms in total. The highest BCUT2D eigenvalue weighted by atomic mass is 32.2. The fourth-order valence-corrected chi connectivity index (χ4v) is 3.26. The Morgan fingerprint density at radius 2 is 2.35 bits per heavy atom. The first-order valence-electron chi connectivity index (χ1n) is 5.70. The molecule has 2 rings (SSSR count). The summed E-state index contributed by atoms with van der Waals surface area (Å²) >= 11 is 0. The van der Waals surface area contributed by atoms with E-state index in [2.05, 4.69) is 21.9 Å². The van der Waals surface area contributed by atoms with Crippen LogP contribution in [0.25, 0.3) is 0 Å². The van der Waals surface area contributed by atoms with Gasteiger partial charge in [-0.15, -0.1) is 0 Å². The molecule has 1 saturated heterocycles. The molecule has 2 heterocycles. The zero-order valence-electron chi connectivity index (χ0n) is 10.0. The van der Waals surface area contributed by atoms with Crippen molar-refractivity contribution in [3.05, 3.63) is 12.5 Å². The lowest BCUT2D eigenvalue weighted by atomic mass is 9.96.